The average Bonchev–Trinajstić information content (AvgIpc) is 3.28. The third-order valence-corrected chi connectivity index (χ3v) is 12.1. The molecule has 368 valence electrons. The van der Waals surface area contributed by atoms with E-state index in [1.807, 2.05) is 0 Å². The largest absolute Gasteiger partial charge is 0.462 e. The summed E-state index contributed by atoms with van der Waals surface area (Å²) >= 11 is 0. The van der Waals surface area contributed by atoms with Crippen molar-refractivity contribution < 1.29 is 28.6 Å². The van der Waals surface area contributed by atoms with Gasteiger partial charge in [0.2, 0.25) is 0 Å². The van der Waals surface area contributed by atoms with E-state index >= 15 is 0 Å². The molecule has 0 N–H and O–H groups in total. The molecule has 0 aliphatic carbocycles. The van der Waals surface area contributed by atoms with E-state index < -0.39 is 6.10 Å². The maximum Gasteiger partial charge on any atom is 0.306 e. The van der Waals surface area contributed by atoms with Gasteiger partial charge in [0.15, 0.2) is 6.10 Å². The lowest BCUT2D eigenvalue weighted by molar-refractivity contribution is -0.167. The van der Waals surface area contributed by atoms with Crippen molar-refractivity contribution >= 4 is 17.9 Å². The van der Waals surface area contributed by atoms with Crippen LogP contribution in [0, 0.1) is 0 Å². The highest BCUT2D eigenvalue weighted by atomic mass is 16.6. The van der Waals surface area contributed by atoms with Crippen molar-refractivity contribution in [3.63, 3.8) is 0 Å². The first-order valence-corrected chi connectivity index (χ1v) is 27.5. The number of hydrogen-bond donors (Lipinski definition) is 0. The Labute approximate surface area is 391 Å². The van der Waals surface area contributed by atoms with Gasteiger partial charge in [-0.2, -0.15) is 0 Å². The fraction of sp³-hybridized carbons (Fsp3) is 0.842. The Kier molecular flexibility index (Phi) is 50.3. The molecule has 0 aliphatic heterocycles. The molecule has 0 bridgehead atoms. The molecule has 6 nitrogen and oxygen atoms in total. The molecule has 0 heterocycles. The van der Waals surface area contributed by atoms with Crippen LogP contribution in [-0.2, 0) is 28.6 Å². The molecule has 0 saturated heterocycles. The maximum atomic E-state index is 12.8. The number of unbranched alkanes of at least 4 members (excludes halogenated alkanes) is 33. The molecule has 0 fully saturated rings. The van der Waals surface area contributed by atoms with Crippen LogP contribution in [0.15, 0.2) is 36.5 Å². The minimum Gasteiger partial charge on any atom is -0.462 e. The molecule has 1 unspecified atom stereocenters. The summed E-state index contributed by atoms with van der Waals surface area (Å²) in [7, 11) is 0. The lowest BCUT2D eigenvalue weighted by atomic mass is 10.0. The summed E-state index contributed by atoms with van der Waals surface area (Å²) in [5.74, 6) is -0.867. The van der Waals surface area contributed by atoms with Gasteiger partial charge in [-0.25, -0.2) is 0 Å². The van der Waals surface area contributed by atoms with Gasteiger partial charge in [0.25, 0.3) is 0 Å². The van der Waals surface area contributed by atoms with E-state index in [9.17, 15) is 14.4 Å². The molecule has 0 amide bonds. The van der Waals surface area contributed by atoms with Gasteiger partial charge in [-0.15, -0.1) is 0 Å². The number of esters is 3. The summed E-state index contributed by atoms with van der Waals surface area (Å²) in [5.41, 5.74) is 0. The molecule has 6 heteroatoms. The quantitative estimate of drug-likeness (QED) is 0.0262. The van der Waals surface area contributed by atoms with Crippen LogP contribution in [0.2, 0.25) is 0 Å². The number of carbonyl (C=O) groups is 3. The zero-order chi connectivity index (χ0) is 45.8. The van der Waals surface area contributed by atoms with Crippen molar-refractivity contribution in [2.24, 2.45) is 0 Å². The normalized spacial score (nSPS) is 12.2. The van der Waals surface area contributed by atoms with Gasteiger partial charge in [0, 0.05) is 19.3 Å². The second kappa shape index (κ2) is 52.3. The molecule has 0 aliphatic rings. The maximum absolute atomic E-state index is 12.8. The minimum absolute atomic E-state index is 0.0703. The van der Waals surface area contributed by atoms with Crippen LogP contribution in [0.1, 0.15) is 290 Å². The molecule has 0 radical (unpaired) electrons. The lowest BCUT2D eigenvalue weighted by Crippen LogP contribution is -2.30. The van der Waals surface area contributed by atoms with Crippen molar-refractivity contribution in [2.75, 3.05) is 13.2 Å². The zero-order valence-electron chi connectivity index (χ0n) is 42.1. The highest BCUT2D eigenvalue weighted by Gasteiger charge is 2.19. The van der Waals surface area contributed by atoms with Crippen LogP contribution < -0.4 is 0 Å². The molecule has 0 rings (SSSR count). The van der Waals surface area contributed by atoms with Crippen LogP contribution in [-0.4, -0.2) is 37.2 Å². The van der Waals surface area contributed by atoms with E-state index in [1.165, 1.54) is 173 Å². The third-order valence-electron chi connectivity index (χ3n) is 12.1. The molecule has 0 aromatic rings. The van der Waals surface area contributed by atoms with Crippen LogP contribution in [0.25, 0.3) is 0 Å². The van der Waals surface area contributed by atoms with Crippen LogP contribution >= 0.6 is 0 Å². The van der Waals surface area contributed by atoms with E-state index in [0.717, 1.165) is 77.0 Å². The topological polar surface area (TPSA) is 78.9 Å². The molecular weight excluding hydrogens is 781 g/mol. The van der Waals surface area contributed by atoms with Crippen molar-refractivity contribution in [1.29, 1.82) is 0 Å². The first-order valence-electron chi connectivity index (χ1n) is 27.5. The number of hydrogen-bond acceptors (Lipinski definition) is 6. The molecule has 0 saturated carbocycles. The summed E-state index contributed by atoms with van der Waals surface area (Å²) in [6.07, 6.45) is 61.3. The molecular formula is C57H104O6. The standard InChI is InChI=1S/C57H104O6/c1-4-7-10-13-16-19-22-24-25-26-27-28-29-30-31-32-33-34-36-38-41-44-47-50-56(59)62-53-54(52-61-55(58)49-46-43-40-37-21-18-15-12-9-6-3)63-57(60)51-48-45-42-39-35-23-20-17-14-11-8-5-2/h22,24,26-27,29-30,54H,4-21,23,25,28,31-53H2,1-3H3/b24-22-,27-26-,30-29-. The molecule has 0 aromatic heterocycles. The fourth-order valence-electron chi connectivity index (χ4n) is 7.98. The molecule has 0 aromatic carbocycles. The van der Waals surface area contributed by atoms with Gasteiger partial charge < -0.3 is 14.2 Å². The summed E-state index contributed by atoms with van der Waals surface area (Å²) in [4.78, 5) is 37.9. The van der Waals surface area contributed by atoms with Crippen molar-refractivity contribution in [2.45, 2.75) is 297 Å². The van der Waals surface area contributed by atoms with Gasteiger partial charge in [-0.3, -0.25) is 14.4 Å². The van der Waals surface area contributed by atoms with E-state index in [4.69, 9.17) is 14.2 Å². The van der Waals surface area contributed by atoms with Gasteiger partial charge >= 0.3 is 17.9 Å². The SMILES string of the molecule is CCCCCCC/C=C\C/C=C\C/C=C\CCCCCCCCCCC(=O)OCC(COC(=O)CCCCCCCCCCCC)OC(=O)CCCCCCCCCCCCCC. The second-order valence-electron chi connectivity index (χ2n) is 18.5. The third kappa shape index (κ3) is 50.5. The Morgan fingerprint density at radius 1 is 0.317 bits per heavy atom. The zero-order valence-corrected chi connectivity index (χ0v) is 42.1. The van der Waals surface area contributed by atoms with Crippen molar-refractivity contribution in [3.05, 3.63) is 36.5 Å². The van der Waals surface area contributed by atoms with E-state index in [-0.39, 0.29) is 31.1 Å². The lowest BCUT2D eigenvalue weighted by Gasteiger charge is -2.18. The average molecular weight is 885 g/mol. The molecule has 0 spiro atoms. The minimum atomic E-state index is -0.769. The molecule has 63 heavy (non-hydrogen) atoms. The summed E-state index contributed by atoms with van der Waals surface area (Å²) in [6, 6.07) is 0. The second-order valence-corrected chi connectivity index (χ2v) is 18.5. The number of rotatable bonds is 50. The Morgan fingerprint density at radius 3 is 0.889 bits per heavy atom. The fourth-order valence-corrected chi connectivity index (χ4v) is 7.98. The summed E-state index contributed by atoms with van der Waals surface area (Å²) < 4.78 is 16.8. The Balaban J connectivity index is 4.24. The Morgan fingerprint density at radius 2 is 0.571 bits per heavy atom. The highest BCUT2D eigenvalue weighted by molar-refractivity contribution is 5.71. The first-order chi connectivity index (χ1) is 31.0. The van der Waals surface area contributed by atoms with Crippen molar-refractivity contribution in [3.8, 4) is 0 Å². The molecule has 1 atom stereocenters. The van der Waals surface area contributed by atoms with Crippen LogP contribution in [0.3, 0.4) is 0 Å². The van der Waals surface area contributed by atoms with Crippen LogP contribution in [0.4, 0.5) is 0 Å². The van der Waals surface area contributed by atoms with Crippen LogP contribution in [0.5, 0.6) is 0 Å². The highest BCUT2D eigenvalue weighted by Crippen LogP contribution is 2.16. The van der Waals surface area contributed by atoms with Gasteiger partial charge in [-0.05, 0) is 57.8 Å². The van der Waals surface area contributed by atoms with Gasteiger partial charge in [0.1, 0.15) is 13.2 Å². The van der Waals surface area contributed by atoms with Gasteiger partial charge in [-0.1, -0.05) is 250 Å². The summed E-state index contributed by atoms with van der Waals surface area (Å²) in [6.45, 7) is 6.63. The van der Waals surface area contributed by atoms with Crippen molar-refractivity contribution in [1.82, 2.24) is 0 Å². The Hall–Kier alpha value is -2.37. The van der Waals surface area contributed by atoms with E-state index in [1.54, 1.807) is 0 Å². The van der Waals surface area contributed by atoms with Gasteiger partial charge in [0.05, 0.1) is 0 Å². The Bertz CT molecular complexity index is 1060. The van der Waals surface area contributed by atoms with E-state index in [2.05, 4.69) is 57.2 Å². The summed E-state index contributed by atoms with van der Waals surface area (Å²) in [5, 5.41) is 0. The number of allylic oxidation sites excluding steroid dienone is 6. The first kappa shape index (κ1) is 60.6. The predicted molar refractivity (Wildman–Crippen MR) is 270 cm³/mol. The monoisotopic (exact) mass is 885 g/mol. The number of ether oxygens (including phenoxy) is 3. The smallest absolute Gasteiger partial charge is 0.306 e. The van der Waals surface area contributed by atoms with E-state index in [0.29, 0.717) is 19.3 Å². The number of carbonyl (C=O) groups excluding carboxylic acids is 3. The predicted octanol–water partition coefficient (Wildman–Crippen LogP) is 18.1.